The van der Waals surface area contributed by atoms with Crippen LogP contribution in [0.1, 0.15) is 17.6 Å². The largest absolute Gasteiger partial charge is 0.328 e. The molecule has 0 atom stereocenters. The van der Waals surface area contributed by atoms with Crippen molar-refractivity contribution in [1.29, 1.82) is 0 Å². The van der Waals surface area contributed by atoms with Crippen molar-refractivity contribution >= 4 is 19.7 Å². The molecule has 1 N–H and O–H groups in total. The Kier molecular flexibility index (Phi) is 3.15. The summed E-state index contributed by atoms with van der Waals surface area (Å²) < 4.78 is 46.9. The van der Waals surface area contributed by atoms with Crippen LogP contribution in [0.15, 0.2) is 15.9 Å². The number of hydrogen-bond donors (Lipinski definition) is 1. The fraction of sp³-hybridized carbons (Fsp3) is 0.286. The molecular formula is C7H6ClF2NO3S. The van der Waals surface area contributed by atoms with Crippen molar-refractivity contribution in [1.82, 2.24) is 4.98 Å². The molecule has 0 aliphatic heterocycles. The van der Waals surface area contributed by atoms with Crippen LogP contribution in [0.3, 0.4) is 0 Å². The average molecular weight is 258 g/mol. The highest BCUT2D eigenvalue weighted by Gasteiger charge is 2.25. The minimum absolute atomic E-state index is 0.345. The fourth-order valence-corrected chi connectivity index (χ4v) is 2.62. The maximum Gasteiger partial charge on any atom is 0.266 e. The smallest absolute Gasteiger partial charge is 0.266 e. The number of alkyl halides is 2. The number of pyridine rings is 1. The lowest BCUT2D eigenvalue weighted by molar-refractivity contribution is 0.147. The summed E-state index contributed by atoms with van der Waals surface area (Å²) in [5.41, 5.74) is -1.91. The number of rotatable bonds is 2. The predicted molar refractivity (Wildman–Crippen MR) is 49.8 cm³/mol. The first-order valence-corrected chi connectivity index (χ1v) is 6.01. The molecule has 0 spiro atoms. The topological polar surface area (TPSA) is 67.0 Å². The number of nitrogens with one attached hydrogen (secondary N) is 1. The van der Waals surface area contributed by atoms with Crippen LogP contribution in [0.25, 0.3) is 0 Å². The zero-order chi connectivity index (χ0) is 11.8. The quantitative estimate of drug-likeness (QED) is 0.818. The zero-order valence-corrected chi connectivity index (χ0v) is 8.99. The van der Waals surface area contributed by atoms with E-state index >= 15 is 0 Å². The molecule has 0 saturated heterocycles. The molecule has 0 aromatic carbocycles. The predicted octanol–water partition coefficient (Wildman–Crippen LogP) is 1.55. The van der Waals surface area contributed by atoms with Gasteiger partial charge in [0, 0.05) is 22.4 Å². The highest BCUT2D eigenvalue weighted by molar-refractivity contribution is 8.13. The summed E-state index contributed by atoms with van der Waals surface area (Å²) in [6, 6.07) is 0. The SMILES string of the molecule is Cc1c(S(=O)(=O)Cl)c(C(F)F)c[nH]c1=O. The van der Waals surface area contributed by atoms with Crippen molar-refractivity contribution in [3.8, 4) is 0 Å². The molecule has 84 valence electrons. The van der Waals surface area contributed by atoms with Gasteiger partial charge in [-0.2, -0.15) is 0 Å². The summed E-state index contributed by atoms with van der Waals surface area (Å²) in [6.45, 7) is 1.11. The van der Waals surface area contributed by atoms with Crippen LogP contribution in [0, 0.1) is 6.92 Å². The molecule has 1 rings (SSSR count). The van der Waals surface area contributed by atoms with Gasteiger partial charge < -0.3 is 4.98 Å². The minimum Gasteiger partial charge on any atom is -0.328 e. The van der Waals surface area contributed by atoms with E-state index in [0.29, 0.717) is 6.20 Å². The normalized spacial score (nSPS) is 12.1. The second-order valence-electron chi connectivity index (χ2n) is 2.77. The second-order valence-corrected chi connectivity index (χ2v) is 5.27. The Morgan fingerprint density at radius 1 is 1.47 bits per heavy atom. The Labute approximate surface area is 88.3 Å². The molecule has 4 nitrogen and oxygen atoms in total. The van der Waals surface area contributed by atoms with E-state index in [9.17, 15) is 22.0 Å². The standard InChI is InChI=1S/C7H6ClF2NO3S/c1-3-5(15(8,13)14)4(6(9)10)2-11-7(3)12/h2,6H,1H3,(H,11,12). The Morgan fingerprint density at radius 2 is 2.00 bits per heavy atom. The molecule has 0 unspecified atom stereocenters. The van der Waals surface area contributed by atoms with Gasteiger partial charge in [0.15, 0.2) is 0 Å². The van der Waals surface area contributed by atoms with Gasteiger partial charge in [0.1, 0.15) is 4.90 Å². The van der Waals surface area contributed by atoms with E-state index < -0.39 is 31.5 Å². The van der Waals surface area contributed by atoms with E-state index in [1.807, 2.05) is 4.98 Å². The van der Waals surface area contributed by atoms with Gasteiger partial charge in [-0.3, -0.25) is 4.79 Å². The van der Waals surface area contributed by atoms with E-state index in [-0.39, 0.29) is 5.56 Å². The van der Waals surface area contributed by atoms with E-state index in [4.69, 9.17) is 10.7 Å². The molecule has 0 bridgehead atoms. The Balaban J connectivity index is 3.73. The summed E-state index contributed by atoms with van der Waals surface area (Å²) in [7, 11) is 0.612. The molecule has 0 radical (unpaired) electrons. The van der Waals surface area contributed by atoms with Crippen molar-refractivity contribution in [3.63, 3.8) is 0 Å². The van der Waals surface area contributed by atoms with Crippen LogP contribution < -0.4 is 5.56 Å². The van der Waals surface area contributed by atoms with Crippen LogP contribution in [-0.4, -0.2) is 13.4 Å². The van der Waals surface area contributed by atoms with E-state index in [1.54, 1.807) is 0 Å². The van der Waals surface area contributed by atoms with Gasteiger partial charge in [0.05, 0.1) is 5.56 Å². The minimum atomic E-state index is -4.36. The Hall–Kier alpha value is -0.950. The van der Waals surface area contributed by atoms with Crippen LogP contribution in [0.5, 0.6) is 0 Å². The van der Waals surface area contributed by atoms with Gasteiger partial charge in [0.2, 0.25) is 0 Å². The third-order valence-corrected chi connectivity index (χ3v) is 3.27. The lowest BCUT2D eigenvalue weighted by Gasteiger charge is -2.07. The highest BCUT2D eigenvalue weighted by Crippen LogP contribution is 2.28. The maximum atomic E-state index is 12.4. The monoisotopic (exact) mass is 257 g/mol. The molecule has 0 fully saturated rings. The molecule has 1 aromatic rings. The molecule has 1 heterocycles. The van der Waals surface area contributed by atoms with Gasteiger partial charge in [0.25, 0.3) is 21.0 Å². The number of aromatic amines is 1. The lowest BCUT2D eigenvalue weighted by atomic mass is 10.2. The van der Waals surface area contributed by atoms with Crippen molar-refractivity contribution in [2.45, 2.75) is 18.2 Å². The molecule has 0 saturated carbocycles. The summed E-state index contributed by atoms with van der Waals surface area (Å²) in [5, 5.41) is 0. The zero-order valence-electron chi connectivity index (χ0n) is 7.42. The fourth-order valence-electron chi connectivity index (χ4n) is 1.12. The van der Waals surface area contributed by atoms with Gasteiger partial charge in [-0.05, 0) is 6.92 Å². The van der Waals surface area contributed by atoms with Gasteiger partial charge >= 0.3 is 0 Å². The molecule has 0 amide bonds. The van der Waals surface area contributed by atoms with Crippen molar-refractivity contribution < 1.29 is 17.2 Å². The third-order valence-electron chi connectivity index (χ3n) is 1.78. The van der Waals surface area contributed by atoms with Crippen LogP contribution in [0.4, 0.5) is 8.78 Å². The van der Waals surface area contributed by atoms with Crippen LogP contribution in [-0.2, 0) is 9.05 Å². The number of aromatic nitrogens is 1. The first-order chi connectivity index (χ1) is 6.75. The lowest BCUT2D eigenvalue weighted by Crippen LogP contribution is -2.16. The molecule has 0 aliphatic carbocycles. The number of hydrogen-bond acceptors (Lipinski definition) is 3. The van der Waals surface area contributed by atoms with Gasteiger partial charge in [-0.15, -0.1) is 0 Å². The molecule has 15 heavy (non-hydrogen) atoms. The second kappa shape index (κ2) is 3.90. The summed E-state index contributed by atoms with van der Waals surface area (Å²) in [5.74, 6) is 0. The average Bonchev–Trinajstić information content (AvgIpc) is 2.06. The maximum absolute atomic E-state index is 12.4. The van der Waals surface area contributed by atoms with Crippen molar-refractivity contribution in [2.75, 3.05) is 0 Å². The molecule has 1 aromatic heterocycles. The summed E-state index contributed by atoms with van der Waals surface area (Å²) in [4.78, 5) is 12.2. The van der Waals surface area contributed by atoms with Crippen LogP contribution >= 0.6 is 10.7 Å². The first-order valence-electron chi connectivity index (χ1n) is 3.70. The summed E-state index contributed by atoms with van der Waals surface area (Å²) >= 11 is 0. The van der Waals surface area contributed by atoms with Gasteiger partial charge in [-0.1, -0.05) is 0 Å². The van der Waals surface area contributed by atoms with E-state index in [2.05, 4.69) is 0 Å². The van der Waals surface area contributed by atoms with E-state index in [1.165, 1.54) is 0 Å². The highest BCUT2D eigenvalue weighted by atomic mass is 35.7. The number of halogens is 3. The third kappa shape index (κ3) is 2.35. The molecule has 8 heteroatoms. The summed E-state index contributed by atoms with van der Waals surface area (Å²) in [6.07, 6.45) is -2.38. The van der Waals surface area contributed by atoms with Crippen LogP contribution in [0.2, 0.25) is 0 Å². The van der Waals surface area contributed by atoms with Crippen molar-refractivity contribution in [2.24, 2.45) is 0 Å². The molecular weight excluding hydrogens is 252 g/mol. The van der Waals surface area contributed by atoms with Crippen molar-refractivity contribution in [3.05, 3.63) is 27.7 Å². The van der Waals surface area contributed by atoms with E-state index in [0.717, 1.165) is 6.92 Å². The first kappa shape index (κ1) is 12.1. The number of H-pyrrole nitrogens is 1. The van der Waals surface area contributed by atoms with Gasteiger partial charge in [-0.25, -0.2) is 17.2 Å². The molecule has 0 aliphatic rings. The Bertz CT molecular complexity index is 538. The Morgan fingerprint density at radius 3 is 2.40 bits per heavy atom.